The highest BCUT2D eigenvalue weighted by Crippen LogP contribution is 2.38. The van der Waals surface area contributed by atoms with E-state index in [4.69, 9.17) is 53.4 Å². The topological polar surface area (TPSA) is 57.9 Å². The lowest BCUT2D eigenvalue weighted by Crippen LogP contribution is -2.07. The van der Waals surface area contributed by atoms with Gasteiger partial charge >= 0.3 is 5.63 Å². The molecule has 2 rings (SSSR count). The maximum atomic E-state index is 11.7. The fourth-order valence-electron chi connectivity index (χ4n) is 2.11. The standard InChI is InChI=1S/C17H15Cl3O5/c1-22-11-8-13(23-2)12(14(9-11)24-3)5-4-10-6-15(17(18,19)20)25-16(21)7-10/h4-9H,1-3H3. The molecule has 1 aromatic carbocycles. The van der Waals surface area contributed by atoms with Crippen molar-refractivity contribution in [3.05, 3.63) is 51.6 Å². The number of benzene rings is 1. The van der Waals surface area contributed by atoms with Gasteiger partial charge in [-0.3, -0.25) is 0 Å². The molecule has 0 fully saturated rings. The molecule has 0 saturated heterocycles. The van der Waals surface area contributed by atoms with Crippen LogP contribution in [0.25, 0.3) is 12.2 Å². The summed E-state index contributed by atoms with van der Waals surface area (Å²) in [5.41, 5.74) is 0.532. The molecule has 0 spiro atoms. The fourth-order valence-corrected chi connectivity index (χ4v) is 2.39. The van der Waals surface area contributed by atoms with Gasteiger partial charge < -0.3 is 18.6 Å². The van der Waals surface area contributed by atoms with Gasteiger partial charge in [0.25, 0.3) is 0 Å². The first-order valence-corrected chi connectivity index (χ1v) is 8.12. The maximum Gasteiger partial charge on any atom is 0.336 e. The number of methoxy groups -OCH3 is 3. The predicted molar refractivity (Wildman–Crippen MR) is 99.2 cm³/mol. The summed E-state index contributed by atoms with van der Waals surface area (Å²) >= 11 is 17.3. The Labute approximate surface area is 159 Å². The second-order valence-electron chi connectivity index (χ2n) is 4.85. The minimum absolute atomic E-state index is 0.0710. The van der Waals surface area contributed by atoms with E-state index in [0.717, 1.165) is 0 Å². The summed E-state index contributed by atoms with van der Waals surface area (Å²) in [5.74, 6) is 1.59. The average molecular weight is 406 g/mol. The SMILES string of the molecule is COc1cc(OC)c(C=Cc2cc(C(Cl)(Cl)Cl)oc(=O)c2)c(OC)c1. The lowest BCUT2D eigenvalue weighted by molar-refractivity contribution is 0.374. The van der Waals surface area contributed by atoms with Gasteiger partial charge in [-0.05, 0) is 17.7 Å². The van der Waals surface area contributed by atoms with Crippen LogP contribution in [0.1, 0.15) is 16.9 Å². The van der Waals surface area contributed by atoms with E-state index in [-0.39, 0.29) is 5.76 Å². The Hall–Kier alpha value is -1.82. The normalized spacial score (nSPS) is 11.6. The highest BCUT2D eigenvalue weighted by molar-refractivity contribution is 6.66. The molecule has 0 atom stereocenters. The van der Waals surface area contributed by atoms with Gasteiger partial charge in [0.05, 0.1) is 26.9 Å². The van der Waals surface area contributed by atoms with Crippen LogP contribution >= 0.6 is 34.8 Å². The van der Waals surface area contributed by atoms with E-state index < -0.39 is 9.42 Å². The third kappa shape index (κ3) is 4.84. The van der Waals surface area contributed by atoms with Crippen LogP contribution in [-0.4, -0.2) is 21.3 Å². The van der Waals surface area contributed by atoms with E-state index >= 15 is 0 Å². The van der Waals surface area contributed by atoms with Crippen LogP contribution in [0.15, 0.2) is 33.5 Å². The molecule has 0 aliphatic heterocycles. The van der Waals surface area contributed by atoms with Gasteiger partial charge in [0, 0.05) is 18.2 Å². The monoisotopic (exact) mass is 404 g/mol. The smallest absolute Gasteiger partial charge is 0.336 e. The van der Waals surface area contributed by atoms with Gasteiger partial charge in [-0.2, -0.15) is 0 Å². The molecule has 0 amide bonds. The van der Waals surface area contributed by atoms with Crippen LogP contribution in [0, 0.1) is 0 Å². The van der Waals surface area contributed by atoms with Crippen molar-refractivity contribution in [2.24, 2.45) is 0 Å². The van der Waals surface area contributed by atoms with Crippen molar-refractivity contribution in [1.29, 1.82) is 0 Å². The Balaban J connectivity index is 2.49. The molecule has 0 saturated carbocycles. The van der Waals surface area contributed by atoms with Crippen molar-refractivity contribution in [3.63, 3.8) is 0 Å². The van der Waals surface area contributed by atoms with Gasteiger partial charge in [-0.15, -0.1) is 0 Å². The lowest BCUT2D eigenvalue weighted by Gasteiger charge is -2.12. The summed E-state index contributed by atoms with van der Waals surface area (Å²) in [6.07, 6.45) is 3.37. The van der Waals surface area contributed by atoms with E-state index in [1.807, 2.05) is 0 Å². The molecule has 5 nitrogen and oxygen atoms in total. The number of hydrogen-bond acceptors (Lipinski definition) is 5. The predicted octanol–water partition coefficient (Wildman–Crippen LogP) is 4.66. The lowest BCUT2D eigenvalue weighted by atomic mass is 10.1. The highest BCUT2D eigenvalue weighted by atomic mass is 35.6. The van der Waals surface area contributed by atoms with Gasteiger partial charge in [-0.25, -0.2) is 4.79 Å². The summed E-state index contributed by atoms with van der Waals surface area (Å²) < 4.78 is 19.0. The Morgan fingerprint density at radius 2 is 1.52 bits per heavy atom. The Bertz CT molecular complexity index is 812. The van der Waals surface area contributed by atoms with E-state index in [2.05, 4.69) is 0 Å². The van der Waals surface area contributed by atoms with Gasteiger partial charge in [0.15, 0.2) is 5.76 Å². The van der Waals surface area contributed by atoms with Crippen LogP contribution in [0.3, 0.4) is 0 Å². The van der Waals surface area contributed by atoms with Crippen molar-refractivity contribution in [2.45, 2.75) is 3.79 Å². The summed E-state index contributed by atoms with van der Waals surface area (Å²) in [6, 6.07) is 6.18. The number of halogens is 3. The molecule has 25 heavy (non-hydrogen) atoms. The Kier molecular flexibility index (Phi) is 6.27. The molecule has 0 unspecified atom stereocenters. The number of alkyl halides is 3. The van der Waals surface area contributed by atoms with Gasteiger partial charge in [0.2, 0.25) is 3.79 Å². The van der Waals surface area contributed by atoms with Gasteiger partial charge in [-0.1, -0.05) is 40.9 Å². The van der Waals surface area contributed by atoms with Crippen LogP contribution in [-0.2, 0) is 3.79 Å². The molecule has 0 bridgehead atoms. The zero-order valence-electron chi connectivity index (χ0n) is 13.6. The zero-order valence-corrected chi connectivity index (χ0v) is 15.9. The summed E-state index contributed by atoms with van der Waals surface area (Å²) in [4.78, 5) is 11.7. The molecular formula is C17H15Cl3O5. The second kappa shape index (κ2) is 8.04. The Morgan fingerprint density at radius 1 is 0.920 bits per heavy atom. The molecule has 0 radical (unpaired) electrons. The summed E-state index contributed by atoms with van der Waals surface area (Å²) in [5, 5.41) is 0. The van der Waals surface area contributed by atoms with E-state index in [0.29, 0.717) is 28.4 Å². The van der Waals surface area contributed by atoms with Crippen molar-refractivity contribution in [2.75, 3.05) is 21.3 Å². The zero-order chi connectivity index (χ0) is 18.6. The fraction of sp³-hybridized carbons (Fsp3) is 0.235. The first-order valence-electron chi connectivity index (χ1n) is 6.99. The third-order valence-electron chi connectivity index (χ3n) is 3.27. The van der Waals surface area contributed by atoms with Gasteiger partial charge in [0.1, 0.15) is 17.2 Å². The van der Waals surface area contributed by atoms with E-state index in [1.165, 1.54) is 26.4 Å². The number of ether oxygens (including phenoxy) is 3. The van der Waals surface area contributed by atoms with Crippen LogP contribution in [0.2, 0.25) is 0 Å². The Morgan fingerprint density at radius 3 is 2.00 bits per heavy atom. The molecule has 2 aromatic rings. The molecule has 1 aromatic heterocycles. The van der Waals surface area contributed by atoms with Crippen LogP contribution in [0.4, 0.5) is 0 Å². The van der Waals surface area contributed by atoms with Crippen LogP contribution < -0.4 is 19.8 Å². The van der Waals surface area contributed by atoms with Crippen molar-refractivity contribution >= 4 is 47.0 Å². The van der Waals surface area contributed by atoms with E-state index in [9.17, 15) is 4.79 Å². The summed E-state index contributed by atoms with van der Waals surface area (Å²) in [7, 11) is 4.61. The van der Waals surface area contributed by atoms with Crippen molar-refractivity contribution in [3.8, 4) is 17.2 Å². The number of hydrogen-bond donors (Lipinski definition) is 0. The maximum absolute atomic E-state index is 11.7. The minimum atomic E-state index is -1.83. The molecular weight excluding hydrogens is 391 g/mol. The minimum Gasteiger partial charge on any atom is -0.496 e. The molecule has 8 heteroatoms. The molecule has 0 aliphatic carbocycles. The quantitative estimate of drug-likeness (QED) is 0.677. The first kappa shape index (κ1) is 19.5. The summed E-state index contributed by atoms with van der Waals surface area (Å²) in [6.45, 7) is 0. The average Bonchev–Trinajstić information content (AvgIpc) is 2.57. The second-order valence-corrected chi connectivity index (χ2v) is 7.13. The molecule has 1 heterocycles. The third-order valence-corrected chi connectivity index (χ3v) is 3.83. The number of rotatable bonds is 5. The highest BCUT2D eigenvalue weighted by Gasteiger charge is 2.26. The van der Waals surface area contributed by atoms with Crippen molar-refractivity contribution in [1.82, 2.24) is 0 Å². The van der Waals surface area contributed by atoms with Crippen molar-refractivity contribution < 1.29 is 18.6 Å². The largest absolute Gasteiger partial charge is 0.496 e. The first-order chi connectivity index (χ1) is 11.8. The molecule has 134 valence electrons. The van der Waals surface area contributed by atoms with E-state index in [1.54, 1.807) is 31.4 Å². The molecule has 0 N–H and O–H groups in total. The van der Waals surface area contributed by atoms with Crippen LogP contribution in [0.5, 0.6) is 17.2 Å². The molecule has 0 aliphatic rings.